The summed E-state index contributed by atoms with van der Waals surface area (Å²) >= 11 is 0. The van der Waals surface area contributed by atoms with Gasteiger partial charge in [0.05, 0.1) is 0 Å². The Kier molecular flexibility index (Phi) is 8.64. The zero-order valence-electron chi connectivity index (χ0n) is 15.6. The number of hydrogen-bond acceptors (Lipinski definition) is 0. The van der Waals surface area contributed by atoms with E-state index in [1.807, 2.05) is 6.08 Å². The monoisotopic (exact) mass is 330 g/mol. The maximum atomic E-state index is 3.77. The van der Waals surface area contributed by atoms with Gasteiger partial charge < -0.3 is 0 Å². The van der Waals surface area contributed by atoms with Crippen LogP contribution in [0.2, 0.25) is 0 Å². The largest absolute Gasteiger partial charge is 0.103 e. The van der Waals surface area contributed by atoms with Crippen molar-refractivity contribution in [3.8, 4) is 11.8 Å². The van der Waals surface area contributed by atoms with Crippen LogP contribution in [0.5, 0.6) is 0 Å². The van der Waals surface area contributed by atoms with Crippen molar-refractivity contribution in [1.29, 1.82) is 0 Å². The molecule has 0 aromatic heterocycles. The molecule has 2 rings (SSSR count). The smallest absolute Gasteiger partial charge is 0.0249 e. The number of benzene rings is 2. The molecule has 0 heterocycles. The molecule has 0 aliphatic heterocycles. The first-order valence-electron chi connectivity index (χ1n) is 9.62. The molecule has 0 amide bonds. The zero-order chi connectivity index (χ0) is 17.7. The zero-order valence-corrected chi connectivity index (χ0v) is 15.6. The standard InChI is InChI=1S/C25H30/c1-3-5-7-9-11-23-14-18-25(19-15-23)21-20-24-16-12-22(13-17-24)10-8-6-4-2/h3,12-19H,1,4-11H2,2H3. The van der Waals surface area contributed by atoms with Gasteiger partial charge in [-0.25, -0.2) is 0 Å². The van der Waals surface area contributed by atoms with Crippen molar-refractivity contribution in [2.24, 2.45) is 0 Å². The molecule has 0 saturated heterocycles. The van der Waals surface area contributed by atoms with Crippen LogP contribution >= 0.6 is 0 Å². The molecule has 25 heavy (non-hydrogen) atoms. The first-order chi connectivity index (χ1) is 12.3. The van der Waals surface area contributed by atoms with Gasteiger partial charge in [0.15, 0.2) is 0 Å². The van der Waals surface area contributed by atoms with E-state index in [1.165, 1.54) is 49.7 Å². The van der Waals surface area contributed by atoms with Gasteiger partial charge in [-0.15, -0.1) is 6.58 Å². The third-order valence-electron chi connectivity index (χ3n) is 4.45. The molecule has 0 nitrogen and oxygen atoms in total. The van der Waals surface area contributed by atoms with E-state index in [2.05, 4.69) is 73.9 Å². The summed E-state index contributed by atoms with van der Waals surface area (Å²) in [7, 11) is 0. The average Bonchev–Trinajstić information content (AvgIpc) is 2.66. The molecule has 0 atom stereocenters. The molecule has 0 N–H and O–H groups in total. The summed E-state index contributed by atoms with van der Waals surface area (Å²) in [4.78, 5) is 0. The minimum Gasteiger partial charge on any atom is -0.103 e. The Labute approximate surface area is 154 Å². The molecule has 0 saturated carbocycles. The fraction of sp³-hybridized carbons (Fsp3) is 0.360. The highest BCUT2D eigenvalue weighted by Crippen LogP contribution is 2.10. The summed E-state index contributed by atoms with van der Waals surface area (Å²) in [5.41, 5.74) is 4.99. The summed E-state index contributed by atoms with van der Waals surface area (Å²) in [5, 5.41) is 0. The summed E-state index contributed by atoms with van der Waals surface area (Å²) in [5.74, 6) is 6.55. The van der Waals surface area contributed by atoms with Gasteiger partial charge in [-0.3, -0.25) is 0 Å². The molecule has 2 aromatic carbocycles. The molecule has 0 aliphatic rings. The Morgan fingerprint density at radius 1 is 0.720 bits per heavy atom. The van der Waals surface area contributed by atoms with Gasteiger partial charge in [-0.1, -0.05) is 61.9 Å². The Hall–Kier alpha value is -2.26. The van der Waals surface area contributed by atoms with Crippen LogP contribution < -0.4 is 0 Å². The topological polar surface area (TPSA) is 0 Å². The Morgan fingerprint density at radius 2 is 1.20 bits per heavy atom. The second kappa shape index (κ2) is 11.3. The van der Waals surface area contributed by atoms with Gasteiger partial charge in [0.25, 0.3) is 0 Å². The van der Waals surface area contributed by atoms with Crippen molar-refractivity contribution in [3.05, 3.63) is 83.4 Å². The number of rotatable bonds is 9. The summed E-state index contributed by atoms with van der Waals surface area (Å²) in [6.07, 6.45) is 11.7. The van der Waals surface area contributed by atoms with E-state index in [0.717, 1.165) is 24.0 Å². The molecular formula is C25H30. The molecule has 0 spiro atoms. The van der Waals surface area contributed by atoms with Crippen LogP contribution in [-0.2, 0) is 12.8 Å². The van der Waals surface area contributed by atoms with Crippen molar-refractivity contribution >= 4 is 0 Å². The van der Waals surface area contributed by atoms with Crippen molar-refractivity contribution in [2.45, 2.75) is 58.3 Å². The number of unbranched alkanes of at least 4 members (excludes halogenated alkanes) is 4. The van der Waals surface area contributed by atoms with Gasteiger partial charge in [-0.2, -0.15) is 0 Å². The lowest BCUT2D eigenvalue weighted by Gasteiger charge is -2.01. The third-order valence-corrected chi connectivity index (χ3v) is 4.45. The maximum Gasteiger partial charge on any atom is 0.0249 e. The Bertz CT molecular complexity index is 678. The minimum atomic E-state index is 1.09. The molecular weight excluding hydrogens is 300 g/mol. The average molecular weight is 331 g/mol. The molecule has 2 aromatic rings. The van der Waals surface area contributed by atoms with Crippen LogP contribution in [0.15, 0.2) is 61.2 Å². The van der Waals surface area contributed by atoms with E-state index >= 15 is 0 Å². The number of allylic oxidation sites excluding steroid dienone is 1. The first-order valence-corrected chi connectivity index (χ1v) is 9.62. The Balaban J connectivity index is 1.86. The lowest BCUT2D eigenvalue weighted by Crippen LogP contribution is -1.86. The molecule has 0 fully saturated rings. The second-order valence-electron chi connectivity index (χ2n) is 6.64. The quantitative estimate of drug-likeness (QED) is 0.272. The molecule has 0 radical (unpaired) electrons. The highest BCUT2D eigenvalue weighted by atomic mass is 14.0. The SMILES string of the molecule is C=CCCCCc1ccc(C#Cc2ccc(CCCCC)cc2)cc1. The third kappa shape index (κ3) is 7.44. The van der Waals surface area contributed by atoms with E-state index in [1.54, 1.807) is 0 Å². The molecule has 130 valence electrons. The maximum absolute atomic E-state index is 3.77. The minimum absolute atomic E-state index is 1.09. The van der Waals surface area contributed by atoms with Gasteiger partial charge in [0.1, 0.15) is 0 Å². The van der Waals surface area contributed by atoms with Crippen molar-refractivity contribution in [3.63, 3.8) is 0 Å². The van der Waals surface area contributed by atoms with Crippen LogP contribution in [0.3, 0.4) is 0 Å². The Morgan fingerprint density at radius 3 is 1.64 bits per heavy atom. The second-order valence-corrected chi connectivity index (χ2v) is 6.64. The number of aryl methyl sites for hydroxylation is 2. The molecule has 0 bridgehead atoms. The van der Waals surface area contributed by atoms with Crippen molar-refractivity contribution < 1.29 is 0 Å². The highest BCUT2D eigenvalue weighted by molar-refractivity contribution is 5.44. The van der Waals surface area contributed by atoms with Crippen molar-refractivity contribution in [2.75, 3.05) is 0 Å². The predicted molar refractivity (Wildman–Crippen MR) is 110 cm³/mol. The van der Waals surface area contributed by atoms with E-state index in [9.17, 15) is 0 Å². The van der Waals surface area contributed by atoms with Crippen LogP contribution in [0.25, 0.3) is 0 Å². The van der Waals surface area contributed by atoms with E-state index in [0.29, 0.717) is 0 Å². The van der Waals surface area contributed by atoms with Crippen molar-refractivity contribution in [1.82, 2.24) is 0 Å². The fourth-order valence-corrected chi connectivity index (χ4v) is 2.85. The van der Waals surface area contributed by atoms with Gasteiger partial charge >= 0.3 is 0 Å². The van der Waals surface area contributed by atoms with E-state index < -0.39 is 0 Å². The molecule has 0 heteroatoms. The lowest BCUT2D eigenvalue weighted by atomic mass is 10.0. The summed E-state index contributed by atoms with van der Waals surface area (Å²) in [6, 6.07) is 17.4. The highest BCUT2D eigenvalue weighted by Gasteiger charge is 1.95. The lowest BCUT2D eigenvalue weighted by molar-refractivity contribution is 0.717. The van der Waals surface area contributed by atoms with Crippen LogP contribution in [0, 0.1) is 11.8 Å². The van der Waals surface area contributed by atoms with Gasteiger partial charge in [0, 0.05) is 11.1 Å². The normalized spacial score (nSPS) is 10.1. The van der Waals surface area contributed by atoms with Gasteiger partial charge in [0.2, 0.25) is 0 Å². The van der Waals surface area contributed by atoms with Crippen LogP contribution in [0.1, 0.15) is 67.7 Å². The first kappa shape index (κ1) is 19.1. The molecule has 0 aliphatic carbocycles. The predicted octanol–water partition coefficient (Wildman–Crippen LogP) is 6.72. The summed E-state index contributed by atoms with van der Waals surface area (Å²) < 4.78 is 0. The van der Waals surface area contributed by atoms with Gasteiger partial charge in [-0.05, 0) is 73.9 Å². The van der Waals surface area contributed by atoms with E-state index in [4.69, 9.17) is 0 Å². The fourth-order valence-electron chi connectivity index (χ4n) is 2.85. The summed E-state index contributed by atoms with van der Waals surface area (Å²) in [6.45, 7) is 6.01. The van der Waals surface area contributed by atoms with Crippen LogP contribution in [0.4, 0.5) is 0 Å². The van der Waals surface area contributed by atoms with Crippen LogP contribution in [-0.4, -0.2) is 0 Å². The molecule has 0 unspecified atom stereocenters. The van der Waals surface area contributed by atoms with E-state index in [-0.39, 0.29) is 0 Å². The number of hydrogen-bond donors (Lipinski definition) is 0.